The Bertz CT molecular complexity index is 669. The van der Waals surface area contributed by atoms with Crippen LogP contribution in [0, 0.1) is 12.8 Å². The van der Waals surface area contributed by atoms with E-state index in [9.17, 15) is 4.79 Å². The summed E-state index contributed by atoms with van der Waals surface area (Å²) < 4.78 is 5.64. The maximum absolute atomic E-state index is 12.2. The topological polar surface area (TPSA) is 59.2 Å². The zero-order valence-corrected chi connectivity index (χ0v) is 14.3. The second kappa shape index (κ2) is 7.17. The lowest BCUT2D eigenvalue weighted by Crippen LogP contribution is -2.40. The first-order valence-corrected chi connectivity index (χ1v) is 8.91. The summed E-state index contributed by atoms with van der Waals surface area (Å²) >= 11 is 1.31. The molecule has 0 saturated carbocycles. The lowest BCUT2D eigenvalue weighted by molar-refractivity contribution is -0.130. The van der Waals surface area contributed by atoms with Gasteiger partial charge in [-0.15, -0.1) is 10.2 Å². The lowest BCUT2D eigenvalue weighted by Gasteiger charge is -2.30. The summed E-state index contributed by atoms with van der Waals surface area (Å²) in [5.41, 5.74) is 2.08. The van der Waals surface area contributed by atoms with Gasteiger partial charge in [-0.25, -0.2) is 0 Å². The summed E-state index contributed by atoms with van der Waals surface area (Å²) in [6, 6.07) is 7.93. The molecule has 122 valence electrons. The van der Waals surface area contributed by atoms with Crippen molar-refractivity contribution in [2.45, 2.75) is 31.9 Å². The second-order valence-electron chi connectivity index (χ2n) is 6.11. The van der Waals surface area contributed by atoms with Crippen molar-refractivity contribution in [3.05, 3.63) is 29.8 Å². The molecular weight excluding hydrogens is 310 g/mol. The van der Waals surface area contributed by atoms with Crippen molar-refractivity contribution < 1.29 is 9.21 Å². The molecule has 0 spiro atoms. The van der Waals surface area contributed by atoms with Crippen molar-refractivity contribution >= 4 is 17.7 Å². The van der Waals surface area contributed by atoms with E-state index in [-0.39, 0.29) is 5.91 Å². The molecule has 0 N–H and O–H groups in total. The molecular formula is C17H21N3O2S. The van der Waals surface area contributed by atoms with Gasteiger partial charge in [0.1, 0.15) is 0 Å². The highest BCUT2D eigenvalue weighted by atomic mass is 32.2. The van der Waals surface area contributed by atoms with Crippen LogP contribution >= 0.6 is 11.8 Å². The quantitative estimate of drug-likeness (QED) is 0.804. The fourth-order valence-electron chi connectivity index (χ4n) is 2.71. The molecule has 1 aliphatic heterocycles. The van der Waals surface area contributed by atoms with Crippen LogP contribution in [0.4, 0.5) is 0 Å². The second-order valence-corrected chi connectivity index (χ2v) is 7.04. The average Bonchev–Trinajstić information content (AvgIpc) is 3.02. The third kappa shape index (κ3) is 4.13. The van der Waals surface area contributed by atoms with Gasteiger partial charge in [0.25, 0.3) is 5.22 Å². The Hall–Kier alpha value is -1.82. The van der Waals surface area contributed by atoms with E-state index in [1.54, 1.807) is 0 Å². The highest BCUT2D eigenvalue weighted by Crippen LogP contribution is 2.24. The monoisotopic (exact) mass is 331 g/mol. The smallest absolute Gasteiger partial charge is 0.277 e. The maximum Gasteiger partial charge on any atom is 0.277 e. The molecule has 3 rings (SSSR count). The predicted octanol–water partition coefficient (Wildman–Crippen LogP) is 3.40. The van der Waals surface area contributed by atoms with Crippen molar-refractivity contribution in [3.63, 3.8) is 0 Å². The number of hydrogen-bond acceptors (Lipinski definition) is 5. The summed E-state index contributed by atoms with van der Waals surface area (Å²) in [6.07, 6.45) is 2.30. The number of aryl methyl sites for hydroxylation is 1. The largest absolute Gasteiger partial charge is 0.411 e. The summed E-state index contributed by atoms with van der Waals surface area (Å²) in [5.74, 6) is 1.58. The van der Waals surface area contributed by atoms with Crippen LogP contribution < -0.4 is 0 Å². The Labute approximate surface area is 140 Å². The lowest BCUT2D eigenvalue weighted by atomic mass is 10.0. The Balaban J connectivity index is 1.56. The van der Waals surface area contributed by atoms with E-state index in [4.69, 9.17) is 4.42 Å². The molecule has 2 heterocycles. The van der Waals surface area contributed by atoms with Crippen molar-refractivity contribution in [2.24, 2.45) is 5.92 Å². The molecule has 6 heteroatoms. The molecule has 1 aromatic heterocycles. The van der Waals surface area contributed by atoms with Gasteiger partial charge in [-0.05, 0) is 37.8 Å². The van der Waals surface area contributed by atoms with Crippen molar-refractivity contribution in [2.75, 3.05) is 18.8 Å². The van der Waals surface area contributed by atoms with Crippen LogP contribution in [-0.4, -0.2) is 39.8 Å². The molecule has 1 aliphatic rings. The predicted molar refractivity (Wildman–Crippen MR) is 90.2 cm³/mol. The standard InChI is InChI=1S/C17H21N3O2S/c1-12-5-7-14(8-6-12)16-18-19-17(22-16)23-11-15(21)20-9-3-4-13(2)10-20/h5-8,13H,3-4,9-11H2,1-2H3. The summed E-state index contributed by atoms with van der Waals surface area (Å²) in [7, 11) is 0. The number of nitrogens with zero attached hydrogens (tertiary/aromatic N) is 3. The number of thioether (sulfide) groups is 1. The van der Waals surface area contributed by atoms with E-state index >= 15 is 0 Å². The van der Waals surface area contributed by atoms with Crippen LogP contribution in [0.3, 0.4) is 0 Å². The van der Waals surface area contributed by atoms with E-state index < -0.39 is 0 Å². The molecule has 0 aliphatic carbocycles. The Morgan fingerprint density at radius 1 is 1.35 bits per heavy atom. The first kappa shape index (κ1) is 16.1. The molecule has 1 aromatic carbocycles. The minimum Gasteiger partial charge on any atom is -0.411 e. The number of carbonyl (C=O) groups is 1. The molecule has 5 nitrogen and oxygen atoms in total. The van der Waals surface area contributed by atoms with Gasteiger partial charge < -0.3 is 9.32 Å². The normalized spacial score (nSPS) is 18.2. The molecule has 1 fully saturated rings. The number of benzene rings is 1. The van der Waals surface area contributed by atoms with Crippen LogP contribution in [0.1, 0.15) is 25.3 Å². The number of piperidine rings is 1. The zero-order chi connectivity index (χ0) is 16.2. The number of carbonyl (C=O) groups excluding carboxylic acids is 1. The van der Waals surface area contributed by atoms with E-state index in [1.807, 2.05) is 36.1 Å². The Morgan fingerprint density at radius 2 is 2.13 bits per heavy atom. The van der Waals surface area contributed by atoms with Crippen LogP contribution in [0.5, 0.6) is 0 Å². The fraction of sp³-hybridized carbons (Fsp3) is 0.471. The third-order valence-electron chi connectivity index (χ3n) is 4.03. The van der Waals surface area contributed by atoms with Crippen LogP contribution in [0.25, 0.3) is 11.5 Å². The number of amides is 1. The van der Waals surface area contributed by atoms with E-state index in [0.29, 0.717) is 22.8 Å². The van der Waals surface area contributed by atoms with Gasteiger partial charge in [0, 0.05) is 18.7 Å². The highest BCUT2D eigenvalue weighted by molar-refractivity contribution is 7.99. The van der Waals surface area contributed by atoms with Crippen LogP contribution in [0.15, 0.2) is 33.9 Å². The van der Waals surface area contributed by atoms with Gasteiger partial charge in [0.2, 0.25) is 11.8 Å². The van der Waals surface area contributed by atoms with Gasteiger partial charge in [0.05, 0.1) is 5.75 Å². The van der Waals surface area contributed by atoms with E-state index in [1.165, 1.54) is 23.7 Å². The van der Waals surface area contributed by atoms with Gasteiger partial charge in [-0.2, -0.15) is 0 Å². The van der Waals surface area contributed by atoms with Gasteiger partial charge in [-0.1, -0.05) is 36.4 Å². The van der Waals surface area contributed by atoms with Crippen LogP contribution in [-0.2, 0) is 4.79 Å². The first-order chi connectivity index (χ1) is 11.1. The molecule has 1 saturated heterocycles. The number of likely N-dealkylation sites (tertiary alicyclic amines) is 1. The van der Waals surface area contributed by atoms with Crippen LogP contribution in [0.2, 0.25) is 0 Å². The molecule has 1 amide bonds. The maximum atomic E-state index is 12.2. The third-order valence-corrected chi connectivity index (χ3v) is 4.84. The first-order valence-electron chi connectivity index (χ1n) is 7.93. The highest BCUT2D eigenvalue weighted by Gasteiger charge is 2.21. The van der Waals surface area contributed by atoms with Crippen molar-refractivity contribution in [3.8, 4) is 11.5 Å². The molecule has 0 radical (unpaired) electrons. The van der Waals surface area contributed by atoms with Crippen molar-refractivity contribution in [1.29, 1.82) is 0 Å². The van der Waals surface area contributed by atoms with E-state index in [0.717, 1.165) is 25.1 Å². The minimum atomic E-state index is 0.150. The summed E-state index contributed by atoms with van der Waals surface area (Å²) in [4.78, 5) is 14.2. The Kier molecular flexibility index (Phi) is 5.00. The fourth-order valence-corrected chi connectivity index (χ4v) is 3.38. The van der Waals surface area contributed by atoms with Gasteiger partial charge in [0.15, 0.2) is 0 Å². The average molecular weight is 331 g/mol. The molecule has 1 unspecified atom stereocenters. The van der Waals surface area contributed by atoms with Gasteiger partial charge in [-0.3, -0.25) is 4.79 Å². The van der Waals surface area contributed by atoms with E-state index in [2.05, 4.69) is 17.1 Å². The number of aromatic nitrogens is 2. The van der Waals surface area contributed by atoms with Crippen molar-refractivity contribution in [1.82, 2.24) is 15.1 Å². The number of hydrogen-bond donors (Lipinski definition) is 0. The molecule has 23 heavy (non-hydrogen) atoms. The zero-order valence-electron chi connectivity index (χ0n) is 13.5. The Morgan fingerprint density at radius 3 is 2.87 bits per heavy atom. The summed E-state index contributed by atoms with van der Waals surface area (Å²) in [5, 5.41) is 8.52. The molecule has 1 atom stereocenters. The molecule has 2 aromatic rings. The summed E-state index contributed by atoms with van der Waals surface area (Å²) in [6.45, 7) is 5.95. The van der Waals surface area contributed by atoms with Gasteiger partial charge >= 0.3 is 0 Å². The number of rotatable bonds is 4. The minimum absolute atomic E-state index is 0.150. The molecule has 0 bridgehead atoms. The SMILES string of the molecule is Cc1ccc(-c2nnc(SCC(=O)N3CCCC(C)C3)o2)cc1.